The summed E-state index contributed by atoms with van der Waals surface area (Å²) in [6.45, 7) is 4.55. The van der Waals surface area contributed by atoms with Crippen molar-refractivity contribution in [1.29, 1.82) is 0 Å². The maximum Gasteiger partial charge on any atom is 0.228 e. The van der Waals surface area contributed by atoms with Gasteiger partial charge in [0, 0.05) is 56.7 Å². The Kier molecular flexibility index (Phi) is 8.45. The lowest BCUT2D eigenvalue weighted by atomic mass is 10.0. The highest BCUT2D eigenvalue weighted by molar-refractivity contribution is 5.94. The van der Waals surface area contributed by atoms with Gasteiger partial charge in [0.25, 0.3) is 0 Å². The van der Waals surface area contributed by atoms with Crippen molar-refractivity contribution in [2.24, 2.45) is 10.7 Å². The van der Waals surface area contributed by atoms with Crippen LogP contribution in [0, 0.1) is 0 Å². The van der Waals surface area contributed by atoms with Gasteiger partial charge in [-0.25, -0.2) is 4.99 Å². The van der Waals surface area contributed by atoms with Crippen LogP contribution in [-0.4, -0.2) is 58.9 Å². The van der Waals surface area contributed by atoms with Crippen LogP contribution in [0.4, 0.5) is 11.4 Å². The van der Waals surface area contributed by atoms with E-state index in [9.17, 15) is 14.7 Å². The van der Waals surface area contributed by atoms with Crippen LogP contribution in [0.2, 0.25) is 0 Å². The largest absolute Gasteiger partial charge is 0.395 e. The van der Waals surface area contributed by atoms with Gasteiger partial charge in [-0.3, -0.25) is 14.6 Å². The van der Waals surface area contributed by atoms with Crippen LogP contribution in [0.25, 0.3) is 6.08 Å². The quantitative estimate of drug-likeness (QED) is 0.426. The van der Waals surface area contributed by atoms with Crippen molar-refractivity contribution in [3.05, 3.63) is 58.4 Å². The number of nitrogens with zero attached hydrogens (tertiary/aromatic N) is 3. The number of aliphatic hydroxyl groups excluding tert-OH is 1. The van der Waals surface area contributed by atoms with E-state index in [1.54, 1.807) is 11.1 Å². The molecule has 5 N–H and O–H groups in total. The number of aliphatic hydroxyl groups is 1. The fourth-order valence-electron chi connectivity index (χ4n) is 4.59. The molecule has 1 aromatic carbocycles. The highest BCUT2D eigenvalue weighted by Crippen LogP contribution is 2.29. The Morgan fingerprint density at radius 2 is 2.08 bits per heavy atom. The number of rotatable bonds is 9. The van der Waals surface area contributed by atoms with E-state index in [-0.39, 0.29) is 31.3 Å². The lowest BCUT2D eigenvalue weighted by Gasteiger charge is -2.21. The third-order valence-electron chi connectivity index (χ3n) is 6.28. The summed E-state index contributed by atoms with van der Waals surface area (Å²) in [5.74, 6) is 0.259. The molecule has 36 heavy (non-hydrogen) atoms. The fourth-order valence-corrected chi connectivity index (χ4v) is 4.59. The standard InChI is InChI=1S/C27H34N6O3/c1-2-7-33(8-9-34)27(36)14-19-10-20-4-3-18(11-24(20)32-25(28)12-19)13-26(35)31-22-15-21-16-29-6-5-23(21)30-17-22/h3-4,10-11,15,17,29,34H,2,5-9,12-14,16H2,1H3,(H2,28,32)(H,31,35). The second-order valence-electron chi connectivity index (χ2n) is 9.24. The van der Waals surface area contributed by atoms with Gasteiger partial charge in [0.2, 0.25) is 11.8 Å². The van der Waals surface area contributed by atoms with E-state index in [0.29, 0.717) is 36.7 Å². The molecule has 0 bridgehead atoms. The Bertz CT molecular complexity index is 1180. The summed E-state index contributed by atoms with van der Waals surface area (Å²) in [5, 5.41) is 15.5. The first-order valence-corrected chi connectivity index (χ1v) is 12.5. The molecule has 0 spiro atoms. The van der Waals surface area contributed by atoms with Crippen molar-refractivity contribution in [3.63, 3.8) is 0 Å². The van der Waals surface area contributed by atoms with E-state index in [1.807, 2.05) is 37.3 Å². The van der Waals surface area contributed by atoms with E-state index in [2.05, 4.69) is 20.6 Å². The molecule has 3 heterocycles. The van der Waals surface area contributed by atoms with Gasteiger partial charge in [-0.2, -0.15) is 0 Å². The molecule has 190 valence electrons. The number of carbonyl (C=O) groups excluding carboxylic acids is 2. The number of amidine groups is 1. The van der Waals surface area contributed by atoms with Gasteiger partial charge in [0.15, 0.2) is 0 Å². The second kappa shape index (κ2) is 11.9. The molecule has 0 saturated carbocycles. The van der Waals surface area contributed by atoms with Crippen LogP contribution >= 0.6 is 0 Å². The Balaban J connectivity index is 1.44. The van der Waals surface area contributed by atoms with Crippen molar-refractivity contribution in [3.8, 4) is 0 Å². The zero-order valence-corrected chi connectivity index (χ0v) is 20.7. The summed E-state index contributed by atoms with van der Waals surface area (Å²) < 4.78 is 0. The smallest absolute Gasteiger partial charge is 0.228 e. The molecule has 0 radical (unpaired) electrons. The molecule has 0 aliphatic carbocycles. The zero-order chi connectivity index (χ0) is 25.5. The summed E-state index contributed by atoms with van der Waals surface area (Å²) in [6.07, 6.45) is 6.20. The van der Waals surface area contributed by atoms with Gasteiger partial charge in [-0.15, -0.1) is 0 Å². The van der Waals surface area contributed by atoms with Crippen LogP contribution in [-0.2, 0) is 29.0 Å². The molecular weight excluding hydrogens is 456 g/mol. The highest BCUT2D eigenvalue weighted by atomic mass is 16.3. The van der Waals surface area contributed by atoms with Gasteiger partial charge in [-0.1, -0.05) is 30.7 Å². The normalized spacial score (nSPS) is 14.6. The average molecular weight is 491 g/mol. The SMILES string of the molecule is CCCN(CCO)C(=O)CC1=Cc2ccc(CC(=O)Nc3cnc4c(c3)CNCC4)cc2N=C(N)C1. The number of aliphatic imine (C=N–C) groups is 1. The predicted octanol–water partition coefficient (Wildman–Crippen LogP) is 2.31. The molecule has 2 aromatic rings. The lowest BCUT2D eigenvalue weighted by molar-refractivity contribution is -0.131. The molecule has 0 fully saturated rings. The third-order valence-corrected chi connectivity index (χ3v) is 6.28. The van der Waals surface area contributed by atoms with Gasteiger partial charge in [0.1, 0.15) is 5.84 Å². The molecule has 9 nitrogen and oxygen atoms in total. The van der Waals surface area contributed by atoms with Crippen molar-refractivity contribution < 1.29 is 14.7 Å². The average Bonchev–Trinajstić information content (AvgIpc) is 3.00. The van der Waals surface area contributed by atoms with E-state index in [0.717, 1.165) is 53.9 Å². The van der Waals surface area contributed by atoms with Crippen LogP contribution in [0.1, 0.15) is 48.6 Å². The van der Waals surface area contributed by atoms with Crippen molar-refractivity contribution >= 4 is 35.1 Å². The maximum atomic E-state index is 12.8. The predicted molar refractivity (Wildman–Crippen MR) is 141 cm³/mol. The highest BCUT2D eigenvalue weighted by Gasteiger charge is 2.18. The second-order valence-corrected chi connectivity index (χ2v) is 9.24. The molecular formula is C27H34N6O3. The molecule has 9 heteroatoms. The van der Waals surface area contributed by atoms with Crippen LogP contribution in [0.15, 0.2) is 41.0 Å². The molecule has 2 amide bonds. The van der Waals surface area contributed by atoms with Gasteiger partial charge < -0.3 is 26.4 Å². The molecule has 1 aromatic heterocycles. The molecule has 0 unspecified atom stereocenters. The zero-order valence-electron chi connectivity index (χ0n) is 20.7. The minimum absolute atomic E-state index is 0.0332. The molecule has 4 rings (SSSR count). The van der Waals surface area contributed by atoms with E-state index in [4.69, 9.17) is 5.73 Å². The van der Waals surface area contributed by atoms with Gasteiger partial charge in [0.05, 0.1) is 30.6 Å². The number of fused-ring (bicyclic) bond motifs is 2. The summed E-state index contributed by atoms with van der Waals surface area (Å²) in [7, 11) is 0. The summed E-state index contributed by atoms with van der Waals surface area (Å²) in [5.41, 5.74) is 12.3. The molecule has 0 atom stereocenters. The Morgan fingerprint density at radius 3 is 2.89 bits per heavy atom. The van der Waals surface area contributed by atoms with Crippen molar-refractivity contribution in [2.45, 2.75) is 45.6 Å². The first-order valence-electron chi connectivity index (χ1n) is 12.5. The number of hydrogen-bond acceptors (Lipinski definition) is 7. The summed E-state index contributed by atoms with van der Waals surface area (Å²) >= 11 is 0. The Labute approximate surface area is 211 Å². The number of aromatic nitrogens is 1. The number of nitrogens with one attached hydrogen (secondary N) is 2. The van der Waals surface area contributed by atoms with Crippen molar-refractivity contribution in [2.75, 3.05) is 31.6 Å². The van der Waals surface area contributed by atoms with Gasteiger partial charge in [-0.05, 0) is 29.7 Å². The third kappa shape index (κ3) is 6.56. The summed E-state index contributed by atoms with van der Waals surface area (Å²) in [4.78, 5) is 36.2. The number of carbonyl (C=O) groups is 2. The van der Waals surface area contributed by atoms with Crippen LogP contribution in [0.3, 0.4) is 0 Å². The maximum absolute atomic E-state index is 12.8. The fraction of sp³-hybridized carbons (Fsp3) is 0.407. The Hall–Kier alpha value is -3.56. The number of hydrogen-bond donors (Lipinski definition) is 4. The number of amides is 2. The van der Waals surface area contributed by atoms with Crippen LogP contribution in [0.5, 0.6) is 0 Å². The summed E-state index contributed by atoms with van der Waals surface area (Å²) in [6, 6.07) is 7.65. The lowest BCUT2D eigenvalue weighted by Crippen LogP contribution is -2.34. The number of pyridine rings is 1. The Morgan fingerprint density at radius 1 is 1.22 bits per heavy atom. The van der Waals surface area contributed by atoms with E-state index < -0.39 is 0 Å². The number of benzene rings is 1. The first-order chi connectivity index (χ1) is 17.4. The van der Waals surface area contributed by atoms with E-state index in [1.165, 1.54) is 0 Å². The number of nitrogens with two attached hydrogens (primary N) is 1. The van der Waals surface area contributed by atoms with E-state index >= 15 is 0 Å². The molecule has 2 aliphatic rings. The minimum atomic E-state index is -0.132. The number of anilines is 1. The van der Waals surface area contributed by atoms with Gasteiger partial charge >= 0.3 is 0 Å². The molecule has 2 aliphatic heterocycles. The first kappa shape index (κ1) is 25.5. The topological polar surface area (TPSA) is 133 Å². The van der Waals surface area contributed by atoms with Crippen LogP contribution < -0.4 is 16.4 Å². The minimum Gasteiger partial charge on any atom is -0.395 e. The van der Waals surface area contributed by atoms with Crippen molar-refractivity contribution in [1.82, 2.24) is 15.2 Å². The molecule has 0 saturated heterocycles. The monoisotopic (exact) mass is 490 g/mol.